The minimum atomic E-state index is -4.20. The number of alkyl halides is 3. The Morgan fingerprint density at radius 1 is 0.944 bits per heavy atom. The Hall–Kier alpha value is -3.86. The minimum absolute atomic E-state index is 0.156. The first-order valence-corrected chi connectivity index (χ1v) is 11.3. The molecule has 0 saturated carbocycles. The maximum Gasteiger partial charge on any atom is 0.390 e. The summed E-state index contributed by atoms with van der Waals surface area (Å²) in [5.74, 6) is 1.19. The van der Waals surface area contributed by atoms with Crippen LogP contribution >= 0.6 is 0 Å². The second-order valence-electron chi connectivity index (χ2n) is 8.17. The van der Waals surface area contributed by atoms with E-state index in [9.17, 15) is 13.2 Å². The van der Waals surface area contributed by atoms with Crippen molar-refractivity contribution in [1.82, 2.24) is 25.1 Å². The van der Waals surface area contributed by atoms with Crippen molar-refractivity contribution in [2.45, 2.75) is 12.6 Å². The van der Waals surface area contributed by atoms with Gasteiger partial charge in [0.05, 0.1) is 49.8 Å². The number of halogens is 3. The topological polar surface area (TPSA) is 77.3 Å². The minimum Gasteiger partial charge on any atom is -0.497 e. The summed E-state index contributed by atoms with van der Waals surface area (Å²) in [6.07, 6.45) is 0.203. The van der Waals surface area contributed by atoms with Gasteiger partial charge in [-0.15, -0.1) is 0 Å². The molecule has 8 nitrogen and oxygen atoms in total. The smallest absolute Gasteiger partial charge is 0.390 e. The fraction of sp³-hybridized carbons (Fsp3) is 0.320. The Balaban J connectivity index is 1.67. The summed E-state index contributed by atoms with van der Waals surface area (Å²) in [7, 11) is 4.96. The number of nitrogens with one attached hydrogen (secondary N) is 1. The average Bonchev–Trinajstić information content (AvgIpc) is 3.30. The molecular weight excluding hydrogens is 473 g/mol. The van der Waals surface area contributed by atoms with Crippen LogP contribution in [0.2, 0.25) is 0 Å². The predicted molar refractivity (Wildman–Crippen MR) is 132 cm³/mol. The van der Waals surface area contributed by atoms with E-state index < -0.39 is 12.6 Å². The number of rotatable bonds is 10. The molecule has 0 aliphatic rings. The summed E-state index contributed by atoms with van der Waals surface area (Å²) in [6, 6.07) is 11.1. The highest BCUT2D eigenvalue weighted by Crippen LogP contribution is 2.34. The zero-order valence-corrected chi connectivity index (χ0v) is 20.2. The van der Waals surface area contributed by atoms with Crippen LogP contribution in [0.5, 0.6) is 11.5 Å². The fourth-order valence-electron chi connectivity index (χ4n) is 3.76. The molecule has 0 radical (unpaired) electrons. The van der Waals surface area contributed by atoms with Crippen molar-refractivity contribution in [2.24, 2.45) is 7.05 Å². The van der Waals surface area contributed by atoms with Crippen LogP contribution < -0.4 is 19.7 Å². The van der Waals surface area contributed by atoms with Gasteiger partial charge in [-0.1, -0.05) is 0 Å². The Morgan fingerprint density at radius 2 is 1.69 bits per heavy atom. The van der Waals surface area contributed by atoms with E-state index in [1.165, 1.54) is 0 Å². The number of hydrogen-bond donors (Lipinski definition) is 1. The summed E-state index contributed by atoms with van der Waals surface area (Å²) >= 11 is 0. The van der Waals surface area contributed by atoms with Crippen LogP contribution in [-0.4, -0.2) is 59.8 Å². The van der Waals surface area contributed by atoms with Crippen molar-refractivity contribution in [1.29, 1.82) is 0 Å². The zero-order chi connectivity index (χ0) is 25.7. The molecule has 2 aromatic carbocycles. The molecule has 0 unspecified atom stereocenters. The van der Waals surface area contributed by atoms with E-state index in [4.69, 9.17) is 14.5 Å². The maximum absolute atomic E-state index is 12.5. The summed E-state index contributed by atoms with van der Waals surface area (Å²) in [5, 5.41) is 7.07. The average molecular weight is 501 g/mol. The molecule has 2 aromatic heterocycles. The van der Waals surface area contributed by atoms with Crippen molar-refractivity contribution in [3.05, 3.63) is 55.0 Å². The van der Waals surface area contributed by atoms with Crippen LogP contribution in [0.15, 0.2) is 55.0 Å². The molecule has 4 aromatic rings. The van der Waals surface area contributed by atoms with Crippen LogP contribution in [0, 0.1) is 0 Å². The Labute approximate surface area is 206 Å². The molecule has 0 amide bonds. The molecule has 2 heterocycles. The highest BCUT2D eigenvalue weighted by Gasteiger charge is 2.26. The lowest BCUT2D eigenvalue weighted by molar-refractivity contribution is -0.133. The number of aromatic nitrogens is 4. The lowest BCUT2D eigenvalue weighted by atomic mass is 10.2. The van der Waals surface area contributed by atoms with E-state index >= 15 is 0 Å². The van der Waals surface area contributed by atoms with Crippen LogP contribution in [-0.2, 0) is 7.05 Å². The van der Waals surface area contributed by atoms with E-state index in [0.29, 0.717) is 35.8 Å². The molecule has 0 spiro atoms. The summed E-state index contributed by atoms with van der Waals surface area (Å²) in [4.78, 5) is 11.3. The number of benzene rings is 2. The Kier molecular flexibility index (Phi) is 7.58. The monoisotopic (exact) mass is 500 g/mol. The first-order chi connectivity index (χ1) is 17.3. The molecule has 36 heavy (non-hydrogen) atoms. The van der Waals surface area contributed by atoms with Gasteiger partial charge >= 0.3 is 6.18 Å². The highest BCUT2D eigenvalue weighted by molar-refractivity contribution is 5.82. The summed E-state index contributed by atoms with van der Waals surface area (Å²) < 4.78 is 50.2. The number of aryl methyl sites for hydroxylation is 1. The van der Waals surface area contributed by atoms with Crippen molar-refractivity contribution in [2.75, 3.05) is 38.8 Å². The van der Waals surface area contributed by atoms with Gasteiger partial charge in [0.1, 0.15) is 11.5 Å². The van der Waals surface area contributed by atoms with E-state index in [1.54, 1.807) is 37.4 Å². The van der Waals surface area contributed by atoms with Gasteiger partial charge in [0.15, 0.2) is 0 Å². The van der Waals surface area contributed by atoms with Crippen LogP contribution in [0.1, 0.15) is 6.42 Å². The lowest BCUT2D eigenvalue weighted by Gasteiger charge is -2.26. The molecule has 190 valence electrons. The van der Waals surface area contributed by atoms with E-state index in [1.807, 2.05) is 48.5 Å². The Morgan fingerprint density at radius 3 is 2.33 bits per heavy atom. The van der Waals surface area contributed by atoms with Gasteiger partial charge in [0.25, 0.3) is 0 Å². The van der Waals surface area contributed by atoms with E-state index in [0.717, 1.165) is 22.5 Å². The number of hydrogen-bond acceptors (Lipinski definition) is 7. The molecular formula is C25H27F3N6O2. The number of methoxy groups -OCH3 is 2. The van der Waals surface area contributed by atoms with Gasteiger partial charge in [-0.25, -0.2) is 4.98 Å². The van der Waals surface area contributed by atoms with Gasteiger partial charge < -0.3 is 19.7 Å². The van der Waals surface area contributed by atoms with Crippen molar-refractivity contribution >= 4 is 22.4 Å². The highest BCUT2D eigenvalue weighted by atomic mass is 19.4. The largest absolute Gasteiger partial charge is 0.497 e. The first-order valence-electron chi connectivity index (χ1n) is 11.3. The second kappa shape index (κ2) is 10.8. The molecule has 0 aliphatic heterocycles. The van der Waals surface area contributed by atoms with Crippen molar-refractivity contribution < 1.29 is 22.6 Å². The van der Waals surface area contributed by atoms with Crippen molar-refractivity contribution in [3.63, 3.8) is 0 Å². The van der Waals surface area contributed by atoms with Crippen molar-refractivity contribution in [3.8, 4) is 22.8 Å². The number of anilines is 2. The van der Waals surface area contributed by atoms with Crippen LogP contribution in [0.4, 0.5) is 24.5 Å². The van der Waals surface area contributed by atoms with Gasteiger partial charge in [0, 0.05) is 68.0 Å². The number of nitrogens with zero attached hydrogens (tertiary/aromatic N) is 5. The number of fused-ring (bicyclic) bond motifs is 1. The normalized spacial score (nSPS) is 11.6. The van der Waals surface area contributed by atoms with Gasteiger partial charge in [-0.3, -0.25) is 9.67 Å². The molecule has 4 rings (SSSR count). The standard InChI is InChI=1S/C25H27F3N6O2/c1-33-16-17(14-31-33)24-15-30-22-5-4-18(12-23(22)32-24)34(9-8-29-7-6-25(26,27)28)19-10-20(35-2)13-21(11-19)36-3/h4-5,10-16,29H,6-9H2,1-3H3. The lowest BCUT2D eigenvalue weighted by Crippen LogP contribution is -2.31. The predicted octanol–water partition coefficient (Wildman–Crippen LogP) is 4.73. The van der Waals surface area contributed by atoms with Crippen LogP contribution in [0.25, 0.3) is 22.3 Å². The molecule has 0 fully saturated rings. The third kappa shape index (κ3) is 6.22. The summed E-state index contributed by atoms with van der Waals surface area (Å²) in [5.41, 5.74) is 4.50. The maximum atomic E-state index is 12.5. The molecule has 0 atom stereocenters. The van der Waals surface area contributed by atoms with E-state index in [-0.39, 0.29) is 6.54 Å². The molecule has 0 saturated heterocycles. The molecule has 1 N–H and O–H groups in total. The molecule has 0 aliphatic carbocycles. The number of ether oxygens (including phenoxy) is 2. The van der Waals surface area contributed by atoms with Gasteiger partial charge in [-0.05, 0) is 18.2 Å². The zero-order valence-electron chi connectivity index (χ0n) is 20.2. The fourth-order valence-corrected chi connectivity index (χ4v) is 3.76. The quantitative estimate of drug-likeness (QED) is 0.316. The third-order valence-electron chi connectivity index (χ3n) is 5.58. The third-order valence-corrected chi connectivity index (χ3v) is 5.58. The first kappa shape index (κ1) is 25.2. The molecule has 11 heteroatoms. The molecule has 0 bridgehead atoms. The van der Waals surface area contributed by atoms with Gasteiger partial charge in [0.2, 0.25) is 0 Å². The van der Waals surface area contributed by atoms with Gasteiger partial charge in [-0.2, -0.15) is 18.3 Å². The van der Waals surface area contributed by atoms with E-state index in [2.05, 4.69) is 15.4 Å². The van der Waals surface area contributed by atoms with Crippen LogP contribution in [0.3, 0.4) is 0 Å². The second-order valence-corrected chi connectivity index (χ2v) is 8.17. The Bertz CT molecular complexity index is 1300. The SMILES string of the molecule is COc1cc(OC)cc(N(CCNCCC(F)(F)F)c2ccc3ncc(-c4cnn(C)c4)nc3c2)c1. The summed E-state index contributed by atoms with van der Waals surface area (Å²) in [6.45, 7) is 0.570.